The van der Waals surface area contributed by atoms with Gasteiger partial charge in [0.2, 0.25) is 0 Å². The van der Waals surface area contributed by atoms with Gasteiger partial charge >= 0.3 is 0 Å². The molecule has 19 heavy (non-hydrogen) atoms. The average Bonchev–Trinajstić information content (AvgIpc) is 2.46. The van der Waals surface area contributed by atoms with E-state index in [-0.39, 0.29) is 6.10 Å². The van der Waals surface area contributed by atoms with Crippen LogP contribution in [0.3, 0.4) is 0 Å². The Balaban J connectivity index is 1.75. The molecule has 0 aromatic heterocycles. The number of benzene rings is 1. The van der Waals surface area contributed by atoms with E-state index in [1.165, 1.54) is 5.56 Å². The molecule has 1 aliphatic rings. The van der Waals surface area contributed by atoms with E-state index in [4.69, 9.17) is 4.74 Å². The summed E-state index contributed by atoms with van der Waals surface area (Å²) in [7, 11) is 0. The first-order chi connectivity index (χ1) is 9.28. The second-order valence-corrected chi connectivity index (χ2v) is 5.34. The zero-order valence-corrected chi connectivity index (χ0v) is 11.8. The minimum Gasteiger partial charge on any atom is -0.392 e. The highest BCUT2D eigenvalue weighted by molar-refractivity contribution is 5.14. The number of aliphatic hydroxyl groups is 1. The van der Waals surface area contributed by atoms with E-state index in [0.717, 1.165) is 45.5 Å². The lowest BCUT2D eigenvalue weighted by Crippen LogP contribution is -2.45. The van der Waals surface area contributed by atoms with Crippen molar-refractivity contribution in [2.24, 2.45) is 0 Å². The molecule has 1 N–H and O–H groups in total. The molecule has 1 heterocycles. The first-order valence-electron chi connectivity index (χ1n) is 7.34. The molecule has 3 heteroatoms. The van der Waals surface area contributed by atoms with Crippen LogP contribution in [-0.2, 0) is 11.2 Å². The van der Waals surface area contributed by atoms with Crippen molar-refractivity contribution in [3.8, 4) is 0 Å². The van der Waals surface area contributed by atoms with Gasteiger partial charge in [0.1, 0.15) is 0 Å². The molecule has 2 atom stereocenters. The number of rotatable bonds is 6. The zero-order valence-electron chi connectivity index (χ0n) is 11.8. The predicted octanol–water partition coefficient (Wildman–Crippen LogP) is 2.09. The molecule has 0 saturated carbocycles. The number of morpholine rings is 1. The van der Waals surface area contributed by atoms with Gasteiger partial charge in [0, 0.05) is 19.6 Å². The SMILES string of the molecule is CC[C@@H](O)CN1CCOC(CCc2ccccc2)C1. The fourth-order valence-electron chi connectivity index (χ4n) is 2.52. The van der Waals surface area contributed by atoms with Crippen molar-refractivity contribution in [2.75, 3.05) is 26.2 Å². The number of aryl methyl sites for hydroxylation is 1. The average molecular weight is 263 g/mol. The molecular weight excluding hydrogens is 238 g/mol. The number of nitrogens with zero attached hydrogens (tertiary/aromatic N) is 1. The Morgan fingerprint density at radius 1 is 1.37 bits per heavy atom. The number of β-amino-alcohol motifs (C(OH)–C–C–N with tert-alkyl or cyclic N) is 1. The van der Waals surface area contributed by atoms with Crippen molar-refractivity contribution < 1.29 is 9.84 Å². The van der Waals surface area contributed by atoms with Crippen LogP contribution in [-0.4, -0.2) is 48.5 Å². The van der Waals surface area contributed by atoms with Gasteiger partial charge < -0.3 is 9.84 Å². The summed E-state index contributed by atoms with van der Waals surface area (Å²) in [6.45, 7) is 5.48. The maximum Gasteiger partial charge on any atom is 0.0705 e. The highest BCUT2D eigenvalue weighted by atomic mass is 16.5. The third-order valence-electron chi connectivity index (χ3n) is 3.76. The number of aliphatic hydroxyl groups excluding tert-OH is 1. The summed E-state index contributed by atoms with van der Waals surface area (Å²) in [4.78, 5) is 2.33. The number of ether oxygens (including phenoxy) is 1. The Morgan fingerprint density at radius 3 is 2.89 bits per heavy atom. The smallest absolute Gasteiger partial charge is 0.0705 e. The maximum absolute atomic E-state index is 9.72. The Labute approximate surface area is 116 Å². The fourth-order valence-corrected chi connectivity index (χ4v) is 2.52. The molecule has 1 unspecified atom stereocenters. The molecule has 106 valence electrons. The summed E-state index contributed by atoms with van der Waals surface area (Å²) in [5.74, 6) is 0. The summed E-state index contributed by atoms with van der Waals surface area (Å²) in [5.41, 5.74) is 1.37. The van der Waals surface area contributed by atoms with Gasteiger partial charge in [-0.05, 0) is 24.8 Å². The van der Waals surface area contributed by atoms with Crippen LogP contribution in [0.5, 0.6) is 0 Å². The molecule has 1 fully saturated rings. The van der Waals surface area contributed by atoms with E-state index in [1.807, 2.05) is 6.92 Å². The molecule has 0 spiro atoms. The lowest BCUT2D eigenvalue weighted by molar-refractivity contribution is -0.0435. The summed E-state index contributed by atoms with van der Waals surface area (Å²) >= 11 is 0. The van der Waals surface area contributed by atoms with Crippen LogP contribution in [0.2, 0.25) is 0 Å². The molecule has 0 bridgehead atoms. The summed E-state index contributed by atoms with van der Waals surface area (Å²) in [6, 6.07) is 10.6. The van der Waals surface area contributed by atoms with Gasteiger partial charge in [-0.15, -0.1) is 0 Å². The zero-order chi connectivity index (χ0) is 13.5. The van der Waals surface area contributed by atoms with Crippen molar-refractivity contribution in [1.82, 2.24) is 4.90 Å². The van der Waals surface area contributed by atoms with Gasteiger partial charge in [-0.2, -0.15) is 0 Å². The first-order valence-corrected chi connectivity index (χ1v) is 7.34. The molecule has 1 aromatic carbocycles. The molecular formula is C16H25NO2. The van der Waals surface area contributed by atoms with Crippen LogP contribution in [0.15, 0.2) is 30.3 Å². The minimum absolute atomic E-state index is 0.201. The summed E-state index contributed by atoms with van der Waals surface area (Å²) in [5, 5.41) is 9.72. The van der Waals surface area contributed by atoms with Gasteiger partial charge in [0.15, 0.2) is 0 Å². The molecule has 1 aliphatic heterocycles. The van der Waals surface area contributed by atoms with E-state index >= 15 is 0 Å². The second-order valence-electron chi connectivity index (χ2n) is 5.34. The van der Waals surface area contributed by atoms with Crippen molar-refractivity contribution in [2.45, 2.75) is 38.4 Å². The molecule has 0 aliphatic carbocycles. The molecule has 3 nitrogen and oxygen atoms in total. The van der Waals surface area contributed by atoms with E-state index in [9.17, 15) is 5.11 Å². The van der Waals surface area contributed by atoms with E-state index in [0.29, 0.717) is 6.10 Å². The Morgan fingerprint density at radius 2 is 2.16 bits per heavy atom. The van der Waals surface area contributed by atoms with Gasteiger partial charge in [0.05, 0.1) is 18.8 Å². The maximum atomic E-state index is 9.72. The molecule has 2 rings (SSSR count). The topological polar surface area (TPSA) is 32.7 Å². The predicted molar refractivity (Wildman–Crippen MR) is 77.2 cm³/mol. The van der Waals surface area contributed by atoms with E-state index in [1.54, 1.807) is 0 Å². The quantitative estimate of drug-likeness (QED) is 0.853. The van der Waals surface area contributed by atoms with Crippen LogP contribution in [0.25, 0.3) is 0 Å². The summed E-state index contributed by atoms with van der Waals surface area (Å²) in [6.07, 6.45) is 3.05. The lowest BCUT2D eigenvalue weighted by atomic mass is 10.1. The third-order valence-corrected chi connectivity index (χ3v) is 3.76. The van der Waals surface area contributed by atoms with Crippen LogP contribution in [0.4, 0.5) is 0 Å². The van der Waals surface area contributed by atoms with Gasteiger partial charge in [0.25, 0.3) is 0 Å². The van der Waals surface area contributed by atoms with Gasteiger partial charge in [-0.1, -0.05) is 37.3 Å². The minimum atomic E-state index is -0.201. The van der Waals surface area contributed by atoms with Gasteiger partial charge in [-0.3, -0.25) is 4.90 Å². The van der Waals surface area contributed by atoms with Crippen molar-refractivity contribution in [1.29, 1.82) is 0 Å². The monoisotopic (exact) mass is 263 g/mol. The molecule has 0 radical (unpaired) electrons. The fraction of sp³-hybridized carbons (Fsp3) is 0.625. The van der Waals surface area contributed by atoms with Crippen LogP contribution >= 0.6 is 0 Å². The highest BCUT2D eigenvalue weighted by Gasteiger charge is 2.21. The molecule has 0 amide bonds. The van der Waals surface area contributed by atoms with Crippen molar-refractivity contribution >= 4 is 0 Å². The van der Waals surface area contributed by atoms with Crippen LogP contribution in [0.1, 0.15) is 25.3 Å². The Kier molecular flexibility index (Phi) is 5.83. The van der Waals surface area contributed by atoms with Crippen LogP contribution < -0.4 is 0 Å². The third kappa shape index (κ3) is 4.94. The highest BCUT2D eigenvalue weighted by Crippen LogP contribution is 2.13. The normalized spacial score (nSPS) is 22.3. The summed E-state index contributed by atoms with van der Waals surface area (Å²) < 4.78 is 5.82. The second kappa shape index (κ2) is 7.63. The largest absolute Gasteiger partial charge is 0.392 e. The standard InChI is InChI=1S/C16H25NO2/c1-2-15(18)12-17-10-11-19-16(13-17)9-8-14-6-4-3-5-7-14/h3-7,15-16,18H,2,8-13H2,1H3/t15-,16?/m1/s1. The van der Waals surface area contributed by atoms with Crippen molar-refractivity contribution in [3.63, 3.8) is 0 Å². The van der Waals surface area contributed by atoms with E-state index in [2.05, 4.69) is 35.2 Å². The Bertz CT molecular complexity index is 355. The molecule has 1 aromatic rings. The number of hydrogen-bond acceptors (Lipinski definition) is 3. The van der Waals surface area contributed by atoms with E-state index < -0.39 is 0 Å². The first kappa shape index (κ1) is 14.5. The Hall–Kier alpha value is -0.900. The molecule has 1 saturated heterocycles. The number of hydrogen-bond donors (Lipinski definition) is 1. The van der Waals surface area contributed by atoms with Crippen molar-refractivity contribution in [3.05, 3.63) is 35.9 Å². The van der Waals surface area contributed by atoms with Crippen LogP contribution in [0, 0.1) is 0 Å². The van der Waals surface area contributed by atoms with Gasteiger partial charge in [-0.25, -0.2) is 0 Å². The lowest BCUT2D eigenvalue weighted by Gasteiger charge is -2.34.